The van der Waals surface area contributed by atoms with Crippen molar-refractivity contribution in [3.8, 4) is 0 Å². The van der Waals surface area contributed by atoms with Crippen molar-refractivity contribution in [1.29, 1.82) is 0 Å². The summed E-state index contributed by atoms with van der Waals surface area (Å²) >= 11 is 0. The lowest BCUT2D eigenvalue weighted by Gasteiger charge is -2.45. The molecule has 1 aliphatic carbocycles. The zero-order valence-electron chi connectivity index (χ0n) is 12.0. The molecule has 2 rings (SSSR count). The summed E-state index contributed by atoms with van der Waals surface area (Å²) in [6, 6.07) is 0.184. The highest BCUT2D eigenvalue weighted by Gasteiger charge is 2.42. The molecule has 0 aromatic heterocycles. The van der Waals surface area contributed by atoms with E-state index in [4.69, 9.17) is 15.2 Å². The molecule has 0 aromatic carbocycles. The summed E-state index contributed by atoms with van der Waals surface area (Å²) in [5.41, 5.74) is 6.45. The Labute approximate surface area is 111 Å². The second-order valence-corrected chi connectivity index (χ2v) is 6.10. The van der Waals surface area contributed by atoms with Gasteiger partial charge in [-0.15, -0.1) is 0 Å². The van der Waals surface area contributed by atoms with Crippen LogP contribution in [0.5, 0.6) is 0 Å². The van der Waals surface area contributed by atoms with Gasteiger partial charge in [-0.3, -0.25) is 0 Å². The van der Waals surface area contributed by atoms with Crippen molar-refractivity contribution in [3.05, 3.63) is 0 Å². The van der Waals surface area contributed by atoms with Gasteiger partial charge in [0, 0.05) is 39.2 Å². The van der Waals surface area contributed by atoms with Crippen LogP contribution in [0, 0.1) is 11.8 Å². The standard InChI is InChI=1S/C15H29NO2/c1-3-12-4-6-13(7-5-12)14(16)15(17-2)8-10-18-11-9-15/h12-14H,3-11,16H2,1-2H3. The molecule has 1 aliphatic heterocycles. The maximum Gasteiger partial charge on any atom is 0.0875 e. The van der Waals surface area contributed by atoms with Crippen LogP contribution in [0.15, 0.2) is 0 Å². The monoisotopic (exact) mass is 255 g/mol. The highest BCUT2D eigenvalue weighted by atomic mass is 16.5. The van der Waals surface area contributed by atoms with Crippen LogP contribution in [0.2, 0.25) is 0 Å². The molecule has 0 radical (unpaired) electrons. The zero-order valence-corrected chi connectivity index (χ0v) is 12.0. The van der Waals surface area contributed by atoms with Gasteiger partial charge >= 0.3 is 0 Å². The summed E-state index contributed by atoms with van der Waals surface area (Å²) in [5, 5.41) is 0. The van der Waals surface area contributed by atoms with E-state index in [-0.39, 0.29) is 11.6 Å². The molecule has 0 bridgehead atoms. The Morgan fingerprint density at radius 1 is 1.22 bits per heavy atom. The molecule has 3 nitrogen and oxygen atoms in total. The third-order valence-electron chi connectivity index (χ3n) is 5.33. The van der Waals surface area contributed by atoms with Crippen molar-refractivity contribution >= 4 is 0 Å². The Kier molecular flexibility index (Phi) is 5.05. The van der Waals surface area contributed by atoms with E-state index >= 15 is 0 Å². The van der Waals surface area contributed by atoms with Crippen molar-refractivity contribution in [3.63, 3.8) is 0 Å². The Bertz CT molecular complexity index is 243. The number of hydrogen-bond acceptors (Lipinski definition) is 3. The van der Waals surface area contributed by atoms with E-state index in [1.54, 1.807) is 0 Å². The summed E-state index contributed by atoms with van der Waals surface area (Å²) in [4.78, 5) is 0. The molecule has 2 fully saturated rings. The van der Waals surface area contributed by atoms with E-state index in [1.807, 2.05) is 7.11 Å². The summed E-state index contributed by atoms with van der Waals surface area (Å²) in [6.45, 7) is 3.90. The van der Waals surface area contributed by atoms with Crippen molar-refractivity contribution < 1.29 is 9.47 Å². The first-order valence-corrected chi connectivity index (χ1v) is 7.60. The molecule has 1 saturated carbocycles. The van der Waals surface area contributed by atoms with E-state index in [9.17, 15) is 0 Å². The number of nitrogens with two attached hydrogens (primary N) is 1. The van der Waals surface area contributed by atoms with Crippen LogP contribution in [-0.4, -0.2) is 32.0 Å². The highest BCUT2D eigenvalue weighted by molar-refractivity contribution is 4.97. The molecule has 106 valence electrons. The molecule has 1 saturated heterocycles. The molecular weight excluding hydrogens is 226 g/mol. The van der Waals surface area contributed by atoms with Crippen LogP contribution in [-0.2, 0) is 9.47 Å². The van der Waals surface area contributed by atoms with Crippen molar-refractivity contribution in [2.45, 2.75) is 63.5 Å². The predicted octanol–water partition coefficient (Wildman–Crippen LogP) is 2.73. The van der Waals surface area contributed by atoms with E-state index in [0.29, 0.717) is 5.92 Å². The minimum atomic E-state index is -0.123. The molecule has 1 atom stereocenters. The molecule has 0 aromatic rings. The molecule has 1 heterocycles. The maximum atomic E-state index is 6.58. The fraction of sp³-hybridized carbons (Fsp3) is 1.00. The van der Waals surface area contributed by atoms with Crippen molar-refractivity contribution in [2.24, 2.45) is 17.6 Å². The zero-order chi connectivity index (χ0) is 13.0. The van der Waals surface area contributed by atoms with E-state index in [2.05, 4.69) is 6.92 Å². The van der Waals surface area contributed by atoms with Gasteiger partial charge in [-0.2, -0.15) is 0 Å². The number of methoxy groups -OCH3 is 1. The fourth-order valence-electron chi connectivity index (χ4n) is 3.78. The molecule has 0 amide bonds. The lowest BCUT2D eigenvalue weighted by atomic mass is 9.71. The van der Waals surface area contributed by atoms with Crippen molar-refractivity contribution in [2.75, 3.05) is 20.3 Å². The molecule has 1 unspecified atom stereocenters. The second kappa shape index (κ2) is 6.36. The minimum absolute atomic E-state index is 0.123. The Hall–Kier alpha value is -0.120. The van der Waals surface area contributed by atoms with Gasteiger partial charge in [0.15, 0.2) is 0 Å². The Balaban J connectivity index is 1.94. The third-order valence-corrected chi connectivity index (χ3v) is 5.33. The smallest absolute Gasteiger partial charge is 0.0875 e. The lowest BCUT2D eigenvalue weighted by molar-refractivity contribution is -0.116. The molecule has 2 aliphatic rings. The average Bonchev–Trinajstić information content (AvgIpc) is 2.47. The van der Waals surface area contributed by atoms with Crippen molar-refractivity contribution in [1.82, 2.24) is 0 Å². The van der Waals surface area contributed by atoms with Crippen LogP contribution < -0.4 is 5.73 Å². The number of ether oxygens (including phenoxy) is 2. The quantitative estimate of drug-likeness (QED) is 0.840. The SMILES string of the molecule is CCC1CCC(C(N)C2(OC)CCOCC2)CC1. The van der Waals surface area contributed by atoms with Gasteiger partial charge in [0.1, 0.15) is 0 Å². The summed E-state index contributed by atoms with van der Waals surface area (Å²) in [7, 11) is 1.82. The normalized spacial score (nSPS) is 34.2. The number of rotatable bonds is 4. The topological polar surface area (TPSA) is 44.5 Å². The molecule has 3 heteroatoms. The van der Waals surface area contributed by atoms with Gasteiger partial charge in [0.25, 0.3) is 0 Å². The fourth-order valence-corrected chi connectivity index (χ4v) is 3.78. The van der Waals surface area contributed by atoms with Crippen LogP contribution >= 0.6 is 0 Å². The molecule has 18 heavy (non-hydrogen) atoms. The summed E-state index contributed by atoms with van der Waals surface area (Å²) in [6.07, 6.45) is 8.51. The van der Waals surface area contributed by atoms with Crippen LogP contribution in [0.3, 0.4) is 0 Å². The lowest BCUT2D eigenvalue weighted by Crippen LogP contribution is -2.56. The highest BCUT2D eigenvalue weighted by Crippen LogP contribution is 2.38. The minimum Gasteiger partial charge on any atom is -0.381 e. The average molecular weight is 255 g/mol. The Morgan fingerprint density at radius 2 is 1.83 bits per heavy atom. The molecule has 0 spiro atoms. The third kappa shape index (κ3) is 2.89. The molecular formula is C15H29NO2. The predicted molar refractivity (Wildman–Crippen MR) is 73.5 cm³/mol. The van der Waals surface area contributed by atoms with Crippen LogP contribution in [0.25, 0.3) is 0 Å². The maximum absolute atomic E-state index is 6.58. The van der Waals surface area contributed by atoms with Gasteiger partial charge in [0.2, 0.25) is 0 Å². The van der Waals surface area contributed by atoms with Gasteiger partial charge in [-0.1, -0.05) is 26.2 Å². The van der Waals surface area contributed by atoms with Gasteiger partial charge in [-0.25, -0.2) is 0 Å². The van der Waals surface area contributed by atoms with E-state index < -0.39 is 0 Å². The van der Waals surface area contributed by atoms with E-state index in [0.717, 1.165) is 32.0 Å². The number of hydrogen-bond donors (Lipinski definition) is 1. The first kappa shape index (κ1) is 14.3. The van der Waals surface area contributed by atoms with Gasteiger partial charge in [-0.05, 0) is 24.7 Å². The van der Waals surface area contributed by atoms with Gasteiger partial charge < -0.3 is 15.2 Å². The van der Waals surface area contributed by atoms with E-state index in [1.165, 1.54) is 32.1 Å². The van der Waals surface area contributed by atoms with Gasteiger partial charge in [0.05, 0.1) is 5.60 Å². The largest absolute Gasteiger partial charge is 0.381 e. The molecule has 2 N–H and O–H groups in total. The van der Waals surface area contributed by atoms with Crippen LogP contribution in [0.1, 0.15) is 51.9 Å². The van der Waals surface area contributed by atoms with Crippen LogP contribution in [0.4, 0.5) is 0 Å². The Morgan fingerprint density at radius 3 is 2.33 bits per heavy atom. The first-order chi connectivity index (χ1) is 8.72. The summed E-state index contributed by atoms with van der Waals surface area (Å²) in [5.74, 6) is 1.58. The second-order valence-electron chi connectivity index (χ2n) is 6.10. The first-order valence-electron chi connectivity index (χ1n) is 7.60. The summed E-state index contributed by atoms with van der Waals surface area (Å²) < 4.78 is 11.3.